The van der Waals surface area contributed by atoms with Crippen molar-refractivity contribution in [2.75, 3.05) is 4.90 Å². The summed E-state index contributed by atoms with van der Waals surface area (Å²) < 4.78 is 43.3. The topological polar surface area (TPSA) is 118 Å². The highest BCUT2D eigenvalue weighted by molar-refractivity contribution is 6.25. The summed E-state index contributed by atoms with van der Waals surface area (Å²) in [5.41, 5.74) is 1.34. The smallest absolute Gasteiger partial charge is 0.508 e. The highest BCUT2D eigenvalue weighted by Gasteiger charge is 2.57. The summed E-state index contributed by atoms with van der Waals surface area (Å²) in [6, 6.07) is 8.95. The first-order valence-electron chi connectivity index (χ1n) is 13.5. The molecule has 43 heavy (non-hydrogen) atoms. The number of phenols is 1. The summed E-state index contributed by atoms with van der Waals surface area (Å²) in [7, 11) is 0. The van der Waals surface area contributed by atoms with E-state index in [9.17, 15) is 42.3 Å². The molecular formula is C32H24F3NO7. The minimum absolute atomic E-state index is 0.0180. The summed E-state index contributed by atoms with van der Waals surface area (Å²) in [6.07, 6.45) is -2.12. The molecule has 2 amide bonds. The van der Waals surface area contributed by atoms with Gasteiger partial charge in [0, 0.05) is 33.8 Å². The second-order valence-electron chi connectivity index (χ2n) is 11.1. The Balaban J connectivity index is 1.47. The predicted octanol–water partition coefficient (Wildman–Crippen LogP) is 5.13. The van der Waals surface area contributed by atoms with Crippen LogP contribution in [0, 0.1) is 17.8 Å². The molecule has 8 nitrogen and oxygen atoms in total. The molecule has 6 rings (SSSR count). The number of nitrogens with zero attached hydrogens (tertiary/aromatic N) is 1. The molecular weight excluding hydrogens is 567 g/mol. The lowest BCUT2D eigenvalue weighted by Gasteiger charge is -2.42. The molecule has 0 saturated carbocycles. The second kappa shape index (κ2) is 9.89. The van der Waals surface area contributed by atoms with Gasteiger partial charge in [0.05, 0.1) is 17.5 Å². The van der Waals surface area contributed by atoms with Crippen LogP contribution >= 0.6 is 0 Å². The lowest BCUT2D eigenvalue weighted by molar-refractivity contribution is -0.274. The molecule has 2 aromatic carbocycles. The number of rotatable bonds is 4. The van der Waals surface area contributed by atoms with Gasteiger partial charge in [-0.1, -0.05) is 11.6 Å². The molecule has 0 bridgehead atoms. The molecule has 1 saturated heterocycles. The molecule has 4 aliphatic rings. The van der Waals surface area contributed by atoms with Crippen LogP contribution in [0.15, 0.2) is 76.9 Å². The van der Waals surface area contributed by atoms with Crippen LogP contribution < -0.4 is 9.64 Å². The Labute approximate surface area is 243 Å². The third kappa shape index (κ3) is 4.59. The molecule has 0 radical (unpaired) electrons. The zero-order valence-corrected chi connectivity index (χ0v) is 22.9. The SMILES string of the molecule is CC(=O)c1ccc(N2C(=O)C3CC=C4C(c5cc(OC(F)(F)F)ccc5O)C5=C(CC4C3C2=O)C(=O)C(C)=CC5=O)cc1. The van der Waals surface area contributed by atoms with Crippen LogP contribution in [-0.4, -0.2) is 40.6 Å². The number of ether oxygens (including phenoxy) is 1. The number of Topliss-reactive ketones (excluding diaryl/α,β-unsaturated/α-hetero) is 2. The van der Waals surface area contributed by atoms with E-state index in [1.54, 1.807) is 6.08 Å². The quantitative estimate of drug-likeness (QED) is 0.227. The molecule has 4 unspecified atom stereocenters. The molecule has 1 aliphatic heterocycles. The minimum atomic E-state index is -5.02. The van der Waals surface area contributed by atoms with Gasteiger partial charge in [-0.15, -0.1) is 13.2 Å². The number of fused-ring (bicyclic) bond motifs is 3. The molecule has 0 spiro atoms. The standard InChI is InChI=1S/C32H24F3NO7/c1-14-11-25(39)28-23(29(14)40)13-21-19(26(28)22-12-18(7-10-24(22)38)43-32(33,34)35)8-9-20-27(21)31(42)36(30(20)41)17-5-3-16(4-6-17)15(2)37/h3-8,10-12,20-21,26-27,38H,9,13H2,1-2H3. The van der Waals surface area contributed by atoms with Crippen molar-refractivity contribution in [3.05, 3.63) is 88.0 Å². The number of imide groups is 1. The van der Waals surface area contributed by atoms with Crippen molar-refractivity contribution >= 4 is 34.9 Å². The summed E-state index contributed by atoms with van der Waals surface area (Å²) >= 11 is 0. The number of halogens is 3. The van der Waals surface area contributed by atoms with Crippen molar-refractivity contribution in [1.82, 2.24) is 0 Å². The Kier molecular flexibility index (Phi) is 6.52. The molecule has 1 heterocycles. The molecule has 11 heteroatoms. The Bertz CT molecular complexity index is 1730. The fourth-order valence-electron chi connectivity index (χ4n) is 6.80. The molecule has 1 N–H and O–H groups in total. The van der Waals surface area contributed by atoms with Gasteiger partial charge in [0.15, 0.2) is 17.3 Å². The molecule has 2 aromatic rings. The first-order valence-corrected chi connectivity index (χ1v) is 13.5. The highest BCUT2D eigenvalue weighted by atomic mass is 19.4. The Morgan fingerprint density at radius 1 is 1.00 bits per heavy atom. The first kappa shape index (κ1) is 28.3. The van der Waals surface area contributed by atoms with Crippen molar-refractivity contribution in [1.29, 1.82) is 0 Å². The van der Waals surface area contributed by atoms with Gasteiger partial charge in [-0.3, -0.25) is 28.9 Å². The number of hydrogen-bond donors (Lipinski definition) is 1. The summed E-state index contributed by atoms with van der Waals surface area (Å²) in [6.45, 7) is 2.86. The summed E-state index contributed by atoms with van der Waals surface area (Å²) in [5, 5.41) is 10.9. The average molecular weight is 592 g/mol. The zero-order chi connectivity index (χ0) is 31.0. The van der Waals surface area contributed by atoms with Crippen LogP contribution in [0.2, 0.25) is 0 Å². The minimum Gasteiger partial charge on any atom is -0.508 e. The Morgan fingerprint density at radius 2 is 1.70 bits per heavy atom. The van der Waals surface area contributed by atoms with Gasteiger partial charge in [-0.25, -0.2) is 0 Å². The van der Waals surface area contributed by atoms with Crippen LogP contribution in [-0.2, 0) is 19.2 Å². The Hall–Kier alpha value is -4.80. The number of ketones is 3. The summed E-state index contributed by atoms with van der Waals surface area (Å²) in [5.74, 6) is -6.82. The second-order valence-corrected chi connectivity index (χ2v) is 11.1. The third-order valence-corrected chi connectivity index (χ3v) is 8.64. The van der Waals surface area contributed by atoms with Crippen LogP contribution in [0.3, 0.4) is 0 Å². The van der Waals surface area contributed by atoms with Crippen LogP contribution in [0.1, 0.15) is 48.5 Å². The van der Waals surface area contributed by atoms with Crippen molar-refractivity contribution in [3.63, 3.8) is 0 Å². The van der Waals surface area contributed by atoms with Gasteiger partial charge in [-0.05, 0) is 81.1 Å². The number of carbonyl (C=O) groups is 5. The number of benzene rings is 2. The molecule has 4 atom stereocenters. The van der Waals surface area contributed by atoms with Gasteiger partial charge in [0.1, 0.15) is 11.5 Å². The van der Waals surface area contributed by atoms with Crippen LogP contribution in [0.25, 0.3) is 0 Å². The average Bonchev–Trinajstić information content (AvgIpc) is 3.20. The van der Waals surface area contributed by atoms with Crippen molar-refractivity contribution in [2.24, 2.45) is 17.8 Å². The van der Waals surface area contributed by atoms with E-state index < -0.39 is 64.9 Å². The van der Waals surface area contributed by atoms with Crippen molar-refractivity contribution in [2.45, 2.75) is 39.0 Å². The monoisotopic (exact) mass is 591 g/mol. The zero-order valence-electron chi connectivity index (χ0n) is 22.9. The van der Waals surface area contributed by atoms with E-state index in [1.807, 2.05) is 0 Å². The first-order chi connectivity index (χ1) is 20.3. The van der Waals surface area contributed by atoms with Gasteiger partial charge in [0.2, 0.25) is 11.8 Å². The normalized spacial score (nSPS) is 25.2. The predicted molar refractivity (Wildman–Crippen MR) is 145 cm³/mol. The van der Waals surface area contributed by atoms with E-state index in [4.69, 9.17) is 0 Å². The third-order valence-electron chi connectivity index (χ3n) is 8.64. The molecule has 220 valence electrons. The molecule has 1 fully saturated rings. The van der Waals surface area contributed by atoms with E-state index in [0.29, 0.717) is 11.1 Å². The van der Waals surface area contributed by atoms with Crippen LogP contribution in [0.4, 0.5) is 18.9 Å². The number of phenolic OH excluding ortho intramolecular Hbond substituents is 1. The largest absolute Gasteiger partial charge is 0.573 e. The van der Waals surface area contributed by atoms with Crippen LogP contribution in [0.5, 0.6) is 11.5 Å². The van der Waals surface area contributed by atoms with E-state index in [1.165, 1.54) is 38.1 Å². The number of amides is 2. The maximum Gasteiger partial charge on any atom is 0.573 e. The van der Waals surface area contributed by atoms with Gasteiger partial charge >= 0.3 is 6.36 Å². The van der Waals surface area contributed by atoms with Gasteiger partial charge < -0.3 is 9.84 Å². The lowest BCUT2D eigenvalue weighted by Crippen LogP contribution is -2.39. The van der Waals surface area contributed by atoms with E-state index >= 15 is 0 Å². The van der Waals surface area contributed by atoms with Gasteiger partial charge in [-0.2, -0.15) is 0 Å². The van der Waals surface area contributed by atoms with E-state index in [-0.39, 0.29) is 46.6 Å². The van der Waals surface area contributed by atoms with E-state index in [2.05, 4.69) is 4.74 Å². The lowest BCUT2D eigenvalue weighted by atomic mass is 9.59. The highest BCUT2D eigenvalue weighted by Crippen LogP contribution is 2.56. The maximum atomic E-state index is 14.0. The number of aromatic hydroxyl groups is 1. The molecule has 3 aliphatic carbocycles. The fourth-order valence-corrected chi connectivity index (χ4v) is 6.80. The van der Waals surface area contributed by atoms with E-state index in [0.717, 1.165) is 29.2 Å². The summed E-state index contributed by atoms with van der Waals surface area (Å²) in [4.78, 5) is 67.1. The van der Waals surface area contributed by atoms with Crippen molar-refractivity contribution in [3.8, 4) is 11.5 Å². The van der Waals surface area contributed by atoms with Crippen molar-refractivity contribution < 1.29 is 47.0 Å². The number of anilines is 1. The maximum absolute atomic E-state index is 14.0. The Morgan fingerprint density at radius 3 is 2.35 bits per heavy atom. The molecule has 0 aromatic heterocycles. The fraction of sp³-hybridized carbons (Fsp3) is 0.281. The number of carbonyl (C=O) groups excluding carboxylic acids is 5. The number of alkyl halides is 3. The number of allylic oxidation sites excluding steroid dienone is 6. The number of hydrogen-bond acceptors (Lipinski definition) is 7. The van der Waals surface area contributed by atoms with Gasteiger partial charge in [0.25, 0.3) is 0 Å².